The molecule has 0 heterocycles. The first-order chi connectivity index (χ1) is 9.00. The summed E-state index contributed by atoms with van der Waals surface area (Å²) in [5, 5.41) is 0. The van der Waals surface area contributed by atoms with Gasteiger partial charge in [0, 0.05) is 5.75 Å². The Balaban J connectivity index is 2.13. The Labute approximate surface area is 116 Å². The van der Waals surface area contributed by atoms with Gasteiger partial charge in [-0.3, -0.25) is 0 Å². The highest BCUT2D eigenvalue weighted by atomic mass is 32.2. The Morgan fingerprint density at radius 3 is 2.58 bits per heavy atom. The Hall–Kier alpha value is -0.870. The number of hydrogen-bond donors (Lipinski definition) is 1. The first-order valence-electron chi connectivity index (χ1n) is 6.97. The van der Waals surface area contributed by atoms with Gasteiger partial charge in [-0.2, -0.15) is 0 Å². The number of aryl methyl sites for hydroxylation is 1. The minimum absolute atomic E-state index is 0.0312. The molecule has 0 saturated carbocycles. The van der Waals surface area contributed by atoms with Crippen molar-refractivity contribution in [1.82, 2.24) is 0 Å². The second-order valence-electron chi connectivity index (χ2n) is 5.64. The molecule has 0 bridgehead atoms. The molecule has 2 N–H and O–H groups in total. The van der Waals surface area contributed by atoms with Crippen LogP contribution in [0.2, 0.25) is 0 Å². The third-order valence-corrected chi connectivity index (χ3v) is 6.13. The Morgan fingerprint density at radius 2 is 1.95 bits per heavy atom. The SMILES string of the molecule is CCS(=O)(=O)CCC1(CN)CCc2ccccc2C1. The first kappa shape index (κ1) is 14.5. The summed E-state index contributed by atoms with van der Waals surface area (Å²) in [4.78, 5) is 0. The molecule has 106 valence electrons. The maximum absolute atomic E-state index is 11.7. The topological polar surface area (TPSA) is 60.2 Å². The van der Waals surface area contributed by atoms with Gasteiger partial charge in [-0.05, 0) is 48.8 Å². The van der Waals surface area contributed by atoms with Crippen molar-refractivity contribution >= 4 is 9.84 Å². The number of rotatable bonds is 5. The highest BCUT2D eigenvalue weighted by Crippen LogP contribution is 2.37. The fourth-order valence-electron chi connectivity index (χ4n) is 2.87. The first-order valence-corrected chi connectivity index (χ1v) is 8.80. The number of fused-ring (bicyclic) bond motifs is 1. The van der Waals surface area contributed by atoms with E-state index in [1.807, 2.05) is 6.07 Å². The lowest BCUT2D eigenvalue weighted by atomic mass is 9.70. The van der Waals surface area contributed by atoms with E-state index >= 15 is 0 Å². The summed E-state index contributed by atoms with van der Waals surface area (Å²) in [7, 11) is -2.90. The van der Waals surface area contributed by atoms with Gasteiger partial charge < -0.3 is 5.73 Å². The second-order valence-corrected chi connectivity index (χ2v) is 8.11. The predicted molar refractivity (Wildman–Crippen MR) is 78.9 cm³/mol. The van der Waals surface area contributed by atoms with Crippen molar-refractivity contribution < 1.29 is 8.42 Å². The lowest BCUT2D eigenvalue weighted by Gasteiger charge is -2.37. The van der Waals surface area contributed by atoms with Gasteiger partial charge in [0.05, 0.1) is 5.75 Å². The monoisotopic (exact) mass is 281 g/mol. The largest absolute Gasteiger partial charge is 0.330 e. The summed E-state index contributed by atoms with van der Waals surface area (Å²) in [5.41, 5.74) is 8.67. The molecule has 3 nitrogen and oxygen atoms in total. The van der Waals surface area contributed by atoms with E-state index in [1.54, 1.807) is 6.92 Å². The number of nitrogens with two attached hydrogens (primary N) is 1. The molecule has 19 heavy (non-hydrogen) atoms. The van der Waals surface area contributed by atoms with E-state index in [9.17, 15) is 8.42 Å². The van der Waals surface area contributed by atoms with Crippen LogP contribution >= 0.6 is 0 Å². The fourth-order valence-corrected chi connectivity index (χ4v) is 3.90. The lowest BCUT2D eigenvalue weighted by Crippen LogP contribution is -2.38. The third kappa shape index (κ3) is 3.37. The Bertz CT molecular complexity index is 539. The van der Waals surface area contributed by atoms with Crippen LogP contribution in [0.5, 0.6) is 0 Å². The summed E-state index contributed by atoms with van der Waals surface area (Å²) in [6.07, 6.45) is 3.62. The van der Waals surface area contributed by atoms with E-state index < -0.39 is 9.84 Å². The van der Waals surface area contributed by atoms with Gasteiger partial charge in [0.15, 0.2) is 0 Å². The molecule has 1 unspecified atom stereocenters. The second kappa shape index (κ2) is 5.63. The van der Waals surface area contributed by atoms with Crippen LogP contribution in [-0.2, 0) is 22.7 Å². The average Bonchev–Trinajstić information content (AvgIpc) is 2.45. The minimum atomic E-state index is -2.90. The molecule has 0 amide bonds. The van der Waals surface area contributed by atoms with E-state index in [2.05, 4.69) is 18.2 Å². The molecule has 1 aromatic carbocycles. The third-order valence-electron chi connectivity index (χ3n) is 4.42. The zero-order chi connectivity index (χ0) is 13.9. The lowest BCUT2D eigenvalue weighted by molar-refractivity contribution is 0.246. The smallest absolute Gasteiger partial charge is 0.150 e. The van der Waals surface area contributed by atoms with Crippen LogP contribution in [0.4, 0.5) is 0 Å². The fraction of sp³-hybridized carbons (Fsp3) is 0.600. The van der Waals surface area contributed by atoms with Gasteiger partial charge in [0.1, 0.15) is 9.84 Å². The van der Waals surface area contributed by atoms with Gasteiger partial charge in [0.2, 0.25) is 0 Å². The molecule has 1 aromatic rings. The van der Waals surface area contributed by atoms with Gasteiger partial charge in [-0.15, -0.1) is 0 Å². The van der Waals surface area contributed by atoms with Crippen LogP contribution in [0.1, 0.15) is 30.9 Å². The zero-order valence-electron chi connectivity index (χ0n) is 11.6. The highest BCUT2D eigenvalue weighted by molar-refractivity contribution is 7.91. The van der Waals surface area contributed by atoms with Crippen LogP contribution < -0.4 is 5.73 Å². The van der Waals surface area contributed by atoms with Gasteiger partial charge in [-0.25, -0.2) is 8.42 Å². The average molecular weight is 281 g/mol. The summed E-state index contributed by atoms with van der Waals surface area (Å²) in [5.74, 6) is 0.493. The number of sulfone groups is 1. The van der Waals surface area contributed by atoms with E-state index in [4.69, 9.17) is 5.73 Å². The normalized spacial score (nSPS) is 23.1. The van der Waals surface area contributed by atoms with Crippen molar-refractivity contribution in [2.45, 2.75) is 32.6 Å². The van der Waals surface area contributed by atoms with Crippen LogP contribution in [-0.4, -0.2) is 26.5 Å². The summed E-state index contributed by atoms with van der Waals surface area (Å²) >= 11 is 0. The van der Waals surface area contributed by atoms with Crippen molar-refractivity contribution in [2.24, 2.45) is 11.1 Å². The molecule has 2 rings (SSSR count). The van der Waals surface area contributed by atoms with Gasteiger partial charge in [-0.1, -0.05) is 31.2 Å². The molecule has 0 saturated heterocycles. The van der Waals surface area contributed by atoms with Gasteiger partial charge >= 0.3 is 0 Å². The van der Waals surface area contributed by atoms with E-state index in [0.717, 1.165) is 19.3 Å². The van der Waals surface area contributed by atoms with Crippen molar-refractivity contribution in [2.75, 3.05) is 18.1 Å². The number of benzene rings is 1. The van der Waals surface area contributed by atoms with Crippen LogP contribution in [0.15, 0.2) is 24.3 Å². The van der Waals surface area contributed by atoms with E-state index in [0.29, 0.717) is 13.0 Å². The molecular formula is C15H23NO2S. The summed E-state index contributed by atoms with van der Waals surface area (Å²) < 4.78 is 23.4. The zero-order valence-corrected chi connectivity index (χ0v) is 12.4. The molecule has 0 aromatic heterocycles. The molecule has 0 aliphatic heterocycles. The van der Waals surface area contributed by atoms with Gasteiger partial charge in [0.25, 0.3) is 0 Å². The Morgan fingerprint density at radius 1 is 1.26 bits per heavy atom. The standard InChI is InChI=1S/C15H23NO2S/c1-2-19(17,18)10-9-15(12-16)8-7-13-5-3-4-6-14(13)11-15/h3-6H,2,7-12,16H2,1H3. The highest BCUT2D eigenvalue weighted by Gasteiger charge is 2.33. The summed E-state index contributed by atoms with van der Waals surface area (Å²) in [6, 6.07) is 8.43. The van der Waals surface area contributed by atoms with Crippen LogP contribution in [0.3, 0.4) is 0 Å². The number of hydrogen-bond acceptors (Lipinski definition) is 3. The van der Waals surface area contributed by atoms with Crippen molar-refractivity contribution in [1.29, 1.82) is 0 Å². The molecule has 0 spiro atoms. The van der Waals surface area contributed by atoms with Crippen LogP contribution in [0, 0.1) is 5.41 Å². The molecule has 0 radical (unpaired) electrons. The van der Waals surface area contributed by atoms with Crippen molar-refractivity contribution in [3.05, 3.63) is 35.4 Å². The van der Waals surface area contributed by atoms with Crippen molar-refractivity contribution in [3.8, 4) is 0 Å². The Kier molecular flexibility index (Phi) is 4.31. The van der Waals surface area contributed by atoms with E-state index in [-0.39, 0.29) is 16.9 Å². The quantitative estimate of drug-likeness (QED) is 0.897. The maximum atomic E-state index is 11.7. The maximum Gasteiger partial charge on any atom is 0.150 e. The predicted octanol–water partition coefficient (Wildman–Crippen LogP) is 1.95. The van der Waals surface area contributed by atoms with Crippen molar-refractivity contribution in [3.63, 3.8) is 0 Å². The molecule has 1 aliphatic rings. The molecule has 1 atom stereocenters. The molecule has 4 heteroatoms. The molecule has 0 fully saturated rings. The molecule has 1 aliphatic carbocycles. The van der Waals surface area contributed by atoms with Crippen LogP contribution in [0.25, 0.3) is 0 Å². The molecular weight excluding hydrogens is 258 g/mol. The van der Waals surface area contributed by atoms with E-state index in [1.165, 1.54) is 11.1 Å². The summed E-state index contributed by atoms with van der Waals surface area (Å²) in [6.45, 7) is 2.28. The minimum Gasteiger partial charge on any atom is -0.330 e.